The van der Waals surface area contributed by atoms with E-state index in [-0.39, 0.29) is 24.5 Å². The van der Waals surface area contributed by atoms with Gasteiger partial charge >= 0.3 is 0 Å². The summed E-state index contributed by atoms with van der Waals surface area (Å²) in [6, 6.07) is 13.4. The summed E-state index contributed by atoms with van der Waals surface area (Å²) in [6.45, 7) is 6.12. The van der Waals surface area contributed by atoms with Gasteiger partial charge in [-0.15, -0.1) is 0 Å². The Balaban J connectivity index is 1.72. The van der Waals surface area contributed by atoms with Crippen molar-refractivity contribution in [1.29, 1.82) is 0 Å². The molecule has 0 heterocycles. The van der Waals surface area contributed by atoms with Gasteiger partial charge in [0.15, 0.2) is 6.61 Å². The number of ether oxygens (including phenoxy) is 1. The van der Waals surface area contributed by atoms with Crippen molar-refractivity contribution < 1.29 is 14.3 Å². The molecule has 1 fully saturated rings. The Morgan fingerprint density at radius 1 is 1.12 bits per heavy atom. The van der Waals surface area contributed by atoms with Crippen LogP contribution in [-0.2, 0) is 16.0 Å². The fraction of sp³-hybridized carbons (Fsp3) is 0.481. The predicted octanol–water partition coefficient (Wildman–Crippen LogP) is 5.24. The van der Waals surface area contributed by atoms with Crippen LogP contribution < -0.4 is 10.1 Å². The number of aryl methyl sites for hydroxylation is 2. The summed E-state index contributed by atoms with van der Waals surface area (Å²) >= 11 is 6.25. The lowest BCUT2D eigenvalue weighted by Gasteiger charge is -2.31. The van der Waals surface area contributed by atoms with E-state index in [1.807, 2.05) is 63.2 Å². The number of hydrogen-bond donors (Lipinski definition) is 1. The Labute approximate surface area is 202 Å². The quantitative estimate of drug-likeness (QED) is 0.516. The van der Waals surface area contributed by atoms with E-state index in [1.165, 1.54) is 0 Å². The Kier molecular flexibility index (Phi) is 9.19. The van der Waals surface area contributed by atoms with Gasteiger partial charge in [0.05, 0.1) is 0 Å². The second-order valence-corrected chi connectivity index (χ2v) is 9.27. The monoisotopic (exact) mass is 470 g/mol. The number of amides is 2. The molecule has 2 aromatic carbocycles. The molecule has 0 radical (unpaired) electrons. The third-order valence-electron chi connectivity index (χ3n) is 6.34. The Morgan fingerprint density at radius 3 is 2.36 bits per heavy atom. The molecule has 6 heteroatoms. The molecule has 0 unspecified atom stereocenters. The van der Waals surface area contributed by atoms with Crippen molar-refractivity contribution in [2.24, 2.45) is 0 Å². The zero-order valence-corrected chi connectivity index (χ0v) is 20.7. The molecule has 2 aromatic rings. The average Bonchev–Trinajstić information content (AvgIpc) is 3.32. The van der Waals surface area contributed by atoms with Crippen LogP contribution in [0.1, 0.15) is 55.7 Å². The predicted molar refractivity (Wildman–Crippen MR) is 133 cm³/mol. The molecular formula is C27H35ClN2O3. The van der Waals surface area contributed by atoms with Gasteiger partial charge in [-0.25, -0.2) is 0 Å². The highest BCUT2D eigenvalue weighted by molar-refractivity contribution is 6.32. The van der Waals surface area contributed by atoms with Gasteiger partial charge in [0.2, 0.25) is 5.91 Å². The average molecular weight is 471 g/mol. The summed E-state index contributed by atoms with van der Waals surface area (Å²) in [5.41, 5.74) is 2.94. The molecule has 0 bridgehead atoms. The van der Waals surface area contributed by atoms with Crippen LogP contribution in [0.15, 0.2) is 42.5 Å². The van der Waals surface area contributed by atoms with Crippen LogP contribution >= 0.6 is 11.6 Å². The van der Waals surface area contributed by atoms with Gasteiger partial charge < -0.3 is 15.0 Å². The third-order valence-corrected chi connectivity index (χ3v) is 6.94. The Morgan fingerprint density at radius 2 is 1.76 bits per heavy atom. The van der Waals surface area contributed by atoms with Gasteiger partial charge in [-0.3, -0.25) is 9.59 Å². The first-order valence-electron chi connectivity index (χ1n) is 11.9. The van der Waals surface area contributed by atoms with Crippen LogP contribution in [0.3, 0.4) is 0 Å². The van der Waals surface area contributed by atoms with E-state index in [1.54, 1.807) is 4.90 Å². The maximum Gasteiger partial charge on any atom is 0.261 e. The lowest BCUT2D eigenvalue weighted by molar-refractivity contribution is -0.142. The largest absolute Gasteiger partial charge is 0.484 e. The summed E-state index contributed by atoms with van der Waals surface area (Å²) in [4.78, 5) is 28.1. The summed E-state index contributed by atoms with van der Waals surface area (Å²) in [5.74, 6) is 0.350. The maximum absolute atomic E-state index is 13.3. The maximum atomic E-state index is 13.3. The molecular weight excluding hydrogens is 436 g/mol. The lowest BCUT2D eigenvalue weighted by Crippen LogP contribution is -2.52. The van der Waals surface area contributed by atoms with E-state index < -0.39 is 6.04 Å². The van der Waals surface area contributed by atoms with Crippen LogP contribution in [0.5, 0.6) is 5.75 Å². The minimum absolute atomic E-state index is 0.0657. The number of halogens is 1. The molecule has 5 nitrogen and oxygen atoms in total. The fourth-order valence-electron chi connectivity index (χ4n) is 4.48. The Bertz CT molecular complexity index is 919. The Hall–Kier alpha value is -2.53. The zero-order valence-electron chi connectivity index (χ0n) is 19.9. The molecule has 1 saturated carbocycles. The molecule has 178 valence electrons. The number of nitrogens with one attached hydrogen (secondary N) is 1. The fourth-order valence-corrected chi connectivity index (χ4v) is 4.59. The number of rotatable bonds is 10. The summed E-state index contributed by atoms with van der Waals surface area (Å²) in [7, 11) is 0. The first-order chi connectivity index (χ1) is 15.9. The van der Waals surface area contributed by atoms with Gasteiger partial charge in [-0.05, 0) is 68.4 Å². The number of nitrogens with zero attached hydrogens (tertiary/aromatic N) is 1. The van der Waals surface area contributed by atoms with Gasteiger partial charge in [0, 0.05) is 17.6 Å². The van der Waals surface area contributed by atoms with E-state index >= 15 is 0 Å². The van der Waals surface area contributed by atoms with Crippen LogP contribution in [-0.4, -0.2) is 41.9 Å². The first kappa shape index (κ1) is 25.1. The summed E-state index contributed by atoms with van der Waals surface area (Å²) < 4.78 is 5.84. The van der Waals surface area contributed by atoms with Gasteiger partial charge in [-0.2, -0.15) is 0 Å². The zero-order chi connectivity index (χ0) is 23.8. The topological polar surface area (TPSA) is 58.6 Å². The third kappa shape index (κ3) is 6.97. The normalized spacial score (nSPS) is 14.7. The number of carbonyl (C=O) groups excluding carboxylic acids is 2. The molecule has 0 aromatic heterocycles. The molecule has 33 heavy (non-hydrogen) atoms. The lowest BCUT2D eigenvalue weighted by atomic mass is 10.1. The number of benzene rings is 2. The van der Waals surface area contributed by atoms with Crippen molar-refractivity contribution in [2.45, 2.75) is 71.4 Å². The van der Waals surface area contributed by atoms with Crippen molar-refractivity contribution in [3.8, 4) is 5.75 Å². The summed E-state index contributed by atoms with van der Waals surface area (Å²) in [6.07, 6.45) is 5.55. The van der Waals surface area contributed by atoms with Crippen molar-refractivity contribution >= 4 is 23.4 Å². The van der Waals surface area contributed by atoms with Gasteiger partial charge in [-0.1, -0.05) is 61.7 Å². The second-order valence-electron chi connectivity index (χ2n) is 8.90. The van der Waals surface area contributed by atoms with Crippen LogP contribution in [0, 0.1) is 13.8 Å². The minimum Gasteiger partial charge on any atom is -0.484 e. The molecule has 1 atom stereocenters. The van der Waals surface area contributed by atoms with Crippen LogP contribution in [0.2, 0.25) is 5.02 Å². The van der Waals surface area contributed by atoms with Gasteiger partial charge in [0.1, 0.15) is 11.8 Å². The molecule has 1 aliphatic carbocycles. The molecule has 0 aliphatic heterocycles. The highest BCUT2D eigenvalue weighted by atomic mass is 35.5. The van der Waals surface area contributed by atoms with Crippen LogP contribution in [0.25, 0.3) is 0 Å². The standard InChI is InChI=1S/C27H35ClN2O3/c1-4-24(27(32)29-22-12-8-9-13-22)30(15-14-21-10-6-5-7-11-21)25(31)18-33-23-16-19(2)26(28)20(3)17-23/h5-7,10-11,16-17,22,24H,4,8-9,12-15,18H2,1-3H3,(H,29,32)/t24-/m0/s1. The van der Waals surface area contributed by atoms with E-state index in [9.17, 15) is 9.59 Å². The van der Waals surface area contributed by atoms with E-state index in [2.05, 4.69) is 5.32 Å². The van der Waals surface area contributed by atoms with Crippen molar-refractivity contribution in [3.05, 3.63) is 64.2 Å². The first-order valence-corrected chi connectivity index (χ1v) is 12.3. The summed E-state index contributed by atoms with van der Waals surface area (Å²) in [5, 5.41) is 3.87. The molecule has 0 spiro atoms. The second kappa shape index (κ2) is 12.1. The highest BCUT2D eigenvalue weighted by Crippen LogP contribution is 2.26. The molecule has 3 rings (SSSR count). The SMILES string of the molecule is CC[C@@H](C(=O)NC1CCCC1)N(CCc1ccccc1)C(=O)COc1cc(C)c(Cl)c(C)c1. The van der Waals surface area contributed by atoms with Crippen molar-refractivity contribution in [1.82, 2.24) is 10.2 Å². The minimum atomic E-state index is -0.515. The van der Waals surface area contributed by atoms with Crippen molar-refractivity contribution in [3.63, 3.8) is 0 Å². The number of carbonyl (C=O) groups is 2. The molecule has 0 saturated heterocycles. The van der Waals surface area contributed by atoms with E-state index in [0.29, 0.717) is 30.2 Å². The molecule has 2 amide bonds. The van der Waals surface area contributed by atoms with E-state index in [4.69, 9.17) is 16.3 Å². The van der Waals surface area contributed by atoms with Gasteiger partial charge in [0.25, 0.3) is 5.91 Å². The smallest absolute Gasteiger partial charge is 0.261 e. The van der Waals surface area contributed by atoms with E-state index in [0.717, 1.165) is 42.4 Å². The van der Waals surface area contributed by atoms with Crippen LogP contribution in [0.4, 0.5) is 0 Å². The number of hydrogen-bond acceptors (Lipinski definition) is 3. The van der Waals surface area contributed by atoms with Crippen molar-refractivity contribution in [2.75, 3.05) is 13.2 Å². The highest BCUT2D eigenvalue weighted by Gasteiger charge is 2.30. The molecule has 1 N–H and O–H groups in total. The molecule has 1 aliphatic rings.